The Labute approximate surface area is 191 Å². The smallest absolute Gasteiger partial charge is 0.303 e. The molecule has 0 unspecified atom stereocenters. The second-order valence-electron chi connectivity index (χ2n) is 7.68. The average Bonchev–Trinajstić information content (AvgIpc) is 2.82. The van der Waals surface area contributed by atoms with Crippen LogP contribution in [0.2, 0.25) is 0 Å². The van der Waals surface area contributed by atoms with E-state index in [0.29, 0.717) is 11.1 Å². The first-order valence-electron chi connectivity index (χ1n) is 10.6. The Balaban J connectivity index is 1.69. The van der Waals surface area contributed by atoms with Crippen LogP contribution in [0.25, 0.3) is 11.1 Å². The van der Waals surface area contributed by atoms with Gasteiger partial charge in [-0.05, 0) is 54.3 Å². The zero-order valence-electron chi connectivity index (χ0n) is 18.1. The van der Waals surface area contributed by atoms with Crippen molar-refractivity contribution >= 4 is 17.8 Å². The van der Waals surface area contributed by atoms with Crippen LogP contribution in [-0.4, -0.2) is 28.9 Å². The molecule has 0 aliphatic rings. The van der Waals surface area contributed by atoms with Gasteiger partial charge in [0.1, 0.15) is 11.9 Å². The highest BCUT2D eigenvalue weighted by Gasteiger charge is 2.24. The first-order chi connectivity index (χ1) is 15.8. The maximum Gasteiger partial charge on any atom is 0.303 e. The fourth-order valence-corrected chi connectivity index (χ4v) is 3.37. The van der Waals surface area contributed by atoms with Crippen molar-refractivity contribution < 1.29 is 23.9 Å². The molecule has 0 aliphatic carbocycles. The summed E-state index contributed by atoms with van der Waals surface area (Å²) in [5.74, 6) is -2.44. The van der Waals surface area contributed by atoms with E-state index in [1.54, 1.807) is 31.2 Å². The Morgan fingerprint density at radius 3 is 2.06 bits per heavy atom. The lowest BCUT2D eigenvalue weighted by molar-refractivity contribution is -0.137. The number of aliphatic carboxylic acids is 1. The van der Waals surface area contributed by atoms with E-state index in [2.05, 4.69) is 10.6 Å². The zero-order chi connectivity index (χ0) is 23.8. The molecule has 0 bridgehead atoms. The first-order valence-corrected chi connectivity index (χ1v) is 10.6. The molecule has 2 amide bonds. The monoisotopic (exact) mass is 448 g/mol. The first kappa shape index (κ1) is 23.7. The predicted molar refractivity (Wildman–Crippen MR) is 123 cm³/mol. The third-order valence-corrected chi connectivity index (χ3v) is 5.25. The summed E-state index contributed by atoms with van der Waals surface area (Å²) in [6, 6.07) is 20.8. The highest BCUT2D eigenvalue weighted by molar-refractivity contribution is 5.98. The van der Waals surface area contributed by atoms with Gasteiger partial charge in [-0.1, -0.05) is 54.6 Å². The Bertz CT molecular complexity index is 1100. The van der Waals surface area contributed by atoms with Crippen LogP contribution in [0, 0.1) is 5.82 Å². The minimum Gasteiger partial charge on any atom is -0.481 e. The molecule has 0 aromatic heterocycles. The second-order valence-corrected chi connectivity index (χ2v) is 7.68. The number of benzene rings is 3. The van der Waals surface area contributed by atoms with E-state index in [-0.39, 0.29) is 18.7 Å². The van der Waals surface area contributed by atoms with E-state index in [9.17, 15) is 18.8 Å². The molecule has 170 valence electrons. The molecule has 0 saturated heterocycles. The summed E-state index contributed by atoms with van der Waals surface area (Å²) in [6.07, 6.45) is -0.346. The zero-order valence-corrected chi connectivity index (χ0v) is 18.1. The lowest BCUT2D eigenvalue weighted by Crippen LogP contribution is -2.47. The molecule has 3 rings (SSSR count). The largest absolute Gasteiger partial charge is 0.481 e. The maximum absolute atomic E-state index is 13.2. The van der Waals surface area contributed by atoms with Gasteiger partial charge < -0.3 is 15.7 Å². The number of hydrogen-bond acceptors (Lipinski definition) is 3. The molecule has 33 heavy (non-hydrogen) atoms. The molecule has 6 nitrogen and oxygen atoms in total. The van der Waals surface area contributed by atoms with Crippen molar-refractivity contribution in [3.8, 4) is 11.1 Å². The predicted octanol–water partition coefficient (Wildman–Crippen LogP) is 4.33. The summed E-state index contributed by atoms with van der Waals surface area (Å²) in [6.45, 7) is 1.73. The van der Waals surface area contributed by atoms with Gasteiger partial charge in [0, 0.05) is 12.0 Å². The van der Waals surface area contributed by atoms with Gasteiger partial charge in [-0.15, -0.1) is 0 Å². The van der Waals surface area contributed by atoms with Crippen LogP contribution < -0.4 is 10.6 Å². The molecule has 0 fully saturated rings. The Hall–Kier alpha value is -4.00. The quantitative estimate of drug-likeness (QED) is 0.454. The SMILES string of the molecule is C[C@@H](NC(=O)[C@H](CCC(=O)O)NC(=O)c1ccc(-c2ccccc2)cc1)c1ccc(F)cc1. The van der Waals surface area contributed by atoms with E-state index in [1.165, 1.54) is 12.1 Å². The third-order valence-electron chi connectivity index (χ3n) is 5.25. The minimum atomic E-state index is -1.07. The standard InChI is InChI=1S/C26H25FN2O4/c1-17(18-11-13-22(27)14-12-18)28-26(33)23(15-16-24(30)31)29-25(32)21-9-7-20(8-10-21)19-5-3-2-4-6-19/h2-14,17,23H,15-16H2,1H3,(H,28,33)(H,29,32)(H,30,31)/t17-,23+/m1/s1. The van der Waals surface area contributed by atoms with Crippen LogP contribution in [0.3, 0.4) is 0 Å². The summed E-state index contributed by atoms with van der Waals surface area (Å²) >= 11 is 0. The summed E-state index contributed by atoms with van der Waals surface area (Å²) in [7, 11) is 0. The number of nitrogens with one attached hydrogen (secondary N) is 2. The summed E-state index contributed by atoms with van der Waals surface area (Å²) < 4.78 is 13.2. The molecule has 0 heterocycles. The molecule has 7 heteroatoms. The van der Waals surface area contributed by atoms with Crippen LogP contribution in [0.5, 0.6) is 0 Å². The normalized spacial score (nSPS) is 12.4. The van der Waals surface area contributed by atoms with E-state index >= 15 is 0 Å². The van der Waals surface area contributed by atoms with Crippen LogP contribution in [-0.2, 0) is 9.59 Å². The van der Waals surface area contributed by atoms with Crippen LogP contribution in [0.4, 0.5) is 4.39 Å². The van der Waals surface area contributed by atoms with E-state index < -0.39 is 29.9 Å². The van der Waals surface area contributed by atoms with Gasteiger partial charge in [-0.3, -0.25) is 14.4 Å². The number of carbonyl (C=O) groups is 3. The molecule has 0 aliphatic heterocycles. The van der Waals surface area contributed by atoms with Crippen molar-refractivity contribution in [3.05, 3.63) is 95.8 Å². The molecule has 0 radical (unpaired) electrons. The number of carbonyl (C=O) groups excluding carboxylic acids is 2. The van der Waals surface area contributed by atoms with Crippen molar-refractivity contribution in [1.29, 1.82) is 0 Å². The maximum atomic E-state index is 13.2. The molecule has 3 aromatic carbocycles. The Kier molecular flexibility index (Phi) is 7.91. The van der Waals surface area contributed by atoms with Crippen molar-refractivity contribution in [1.82, 2.24) is 10.6 Å². The van der Waals surface area contributed by atoms with Gasteiger partial charge in [0.25, 0.3) is 5.91 Å². The lowest BCUT2D eigenvalue weighted by atomic mass is 10.0. The number of carboxylic acid groups (broad SMARTS) is 1. The number of amides is 2. The van der Waals surface area contributed by atoms with E-state index in [4.69, 9.17) is 5.11 Å². The molecule has 0 saturated carbocycles. The molecular weight excluding hydrogens is 423 g/mol. The number of halogens is 1. The summed E-state index contributed by atoms with van der Waals surface area (Å²) in [5, 5.41) is 14.4. The highest BCUT2D eigenvalue weighted by Crippen LogP contribution is 2.19. The number of hydrogen-bond donors (Lipinski definition) is 3. The fraction of sp³-hybridized carbons (Fsp3) is 0.192. The molecule has 2 atom stereocenters. The van der Waals surface area contributed by atoms with Crippen molar-refractivity contribution in [2.75, 3.05) is 0 Å². The number of carboxylic acids is 1. The third kappa shape index (κ3) is 6.74. The van der Waals surface area contributed by atoms with Gasteiger partial charge in [-0.25, -0.2) is 4.39 Å². The van der Waals surface area contributed by atoms with Gasteiger partial charge in [0.05, 0.1) is 6.04 Å². The molecular formula is C26H25FN2O4. The minimum absolute atomic E-state index is 0.0643. The Morgan fingerprint density at radius 1 is 0.848 bits per heavy atom. The van der Waals surface area contributed by atoms with Crippen molar-refractivity contribution in [3.63, 3.8) is 0 Å². The second kappa shape index (κ2) is 11.0. The average molecular weight is 448 g/mol. The number of rotatable bonds is 9. The molecule has 3 aromatic rings. The summed E-state index contributed by atoms with van der Waals surface area (Å²) in [5.41, 5.74) is 3.00. The van der Waals surface area contributed by atoms with Crippen LogP contribution in [0.15, 0.2) is 78.9 Å². The van der Waals surface area contributed by atoms with Gasteiger partial charge in [0.15, 0.2) is 0 Å². The fourth-order valence-electron chi connectivity index (χ4n) is 3.37. The van der Waals surface area contributed by atoms with Crippen molar-refractivity contribution in [2.45, 2.75) is 31.8 Å². The van der Waals surface area contributed by atoms with Gasteiger partial charge in [-0.2, -0.15) is 0 Å². The van der Waals surface area contributed by atoms with Gasteiger partial charge in [0.2, 0.25) is 5.91 Å². The topological polar surface area (TPSA) is 95.5 Å². The van der Waals surface area contributed by atoms with E-state index in [0.717, 1.165) is 11.1 Å². The van der Waals surface area contributed by atoms with Gasteiger partial charge >= 0.3 is 5.97 Å². The molecule has 0 spiro atoms. The van der Waals surface area contributed by atoms with Crippen LogP contribution >= 0.6 is 0 Å². The van der Waals surface area contributed by atoms with Crippen LogP contribution in [0.1, 0.15) is 41.7 Å². The van der Waals surface area contributed by atoms with E-state index in [1.807, 2.05) is 42.5 Å². The lowest BCUT2D eigenvalue weighted by Gasteiger charge is -2.21. The molecule has 3 N–H and O–H groups in total. The van der Waals surface area contributed by atoms with Crippen molar-refractivity contribution in [2.24, 2.45) is 0 Å². The summed E-state index contributed by atoms with van der Waals surface area (Å²) in [4.78, 5) is 36.6. The Morgan fingerprint density at radius 2 is 1.45 bits per heavy atom. The highest BCUT2D eigenvalue weighted by atomic mass is 19.1.